The van der Waals surface area contributed by atoms with Crippen molar-refractivity contribution in [1.29, 1.82) is 0 Å². The first-order valence-electron chi connectivity index (χ1n) is 8.89. The molecule has 4 nitrogen and oxygen atoms in total. The summed E-state index contributed by atoms with van der Waals surface area (Å²) in [5.41, 5.74) is 3.55. The molecular formula is C23H24N2O2. The first kappa shape index (κ1) is 18.6. The van der Waals surface area contributed by atoms with Gasteiger partial charge in [-0.1, -0.05) is 63.3 Å². The van der Waals surface area contributed by atoms with Gasteiger partial charge in [0.1, 0.15) is 5.75 Å². The molecule has 0 unspecified atom stereocenters. The average molecular weight is 360 g/mol. The largest absolute Gasteiger partial charge is 0.496 e. The lowest BCUT2D eigenvalue weighted by atomic mass is 9.84. The molecule has 0 N–H and O–H groups in total. The fourth-order valence-electron chi connectivity index (χ4n) is 2.99. The number of hydrogen-bond donors (Lipinski definition) is 0. The second kappa shape index (κ2) is 7.62. The SMILES string of the molecule is COc1c(/C=C/c2ccccc2)cc(-n2ccncc2=O)cc1C(C)(C)C. The molecule has 0 aliphatic rings. The molecular weight excluding hydrogens is 336 g/mol. The third kappa shape index (κ3) is 4.17. The quantitative estimate of drug-likeness (QED) is 0.633. The van der Waals surface area contributed by atoms with Crippen LogP contribution in [0.4, 0.5) is 0 Å². The summed E-state index contributed by atoms with van der Waals surface area (Å²) in [4.78, 5) is 16.2. The van der Waals surface area contributed by atoms with Gasteiger partial charge in [-0.2, -0.15) is 0 Å². The van der Waals surface area contributed by atoms with Gasteiger partial charge >= 0.3 is 0 Å². The summed E-state index contributed by atoms with van der Waals surface area (Å²) < 4.78 is 7.36. The van der Waals surface area contributed by atoms with Crippen molar-refractivity contribution in [3.05, 3.63) is 88.1 Å². The summed E-state index contributed by atoms with van der Waals surface area (Å²) in [5.74, 6) is 0.820. The van der Waals surface area contributed by atoms with Gasteiger partial charge < -0.3 is 4.74 Å². The highest BCUT2D eigenvalue weighted by Gasteiger charge is 2.22. The molecule has 3 aromatic rings. The van der Waals surface area contributed by atoms with Crippen molar-refractivity contribution in [3.8, 4) is 11.4 Å². The molecule has 0 saturated carbocycles. The number of aromatic nitrogens is 2. The summed E-state index contributed by atoms with van der Waals surface area (Å²) in [5, 5.41) is 0. The van der Waals surface area contributed by atoms with E-state index in [4.69, 9.17) is 4.74 Å². The standard InChI is InChI=1S/C23H24N2O2/c1-23(2,3)20-15-19(25-13-12-24-16-21(25)26)14-18(22(20)27-4)11-10-17-8-6-5-7-9-17/h5-16H,1-4H3/b11-10+. The zero-order valence-electron chi connectivity index (χ0n) is 16.1. The van der Waals surface area contributed by atoms with Crippen molar-refractivity contribution in [2.75, 3.05) is 7.11 Å². The molecule has 0 bridgehead atoms. The van der Waals surface area contributed by atoms with Crippen LogP contribution in [0.3, 0.4) is 0 Å². The number of methoxy groups -OCH3 is 1. The van der Waals surface area contributed by atoms with Crippen molar-refractivity contribution in [3.63, 3.8) is 0 Å². The zero-order valence-corrected chi connectivity index (χ0v) is 16.1. The first-order chi connectivity index (χ1) is 12.9. The van der Waals surface area contributed by atoms with Crippen LogP contribution in [-0.4, -0.2) is 16.7 Å². The summed E-state index contributed by atoms with van der Waals surface area (Å²) in [7, 11) is 1.68. The number of ether oxygens (including phenoxy) is 1. The van der Waals surface area contributed by atoms with Gasteiger partial charge in [0.2, 0.25) is 0 Å². The monoisotopic (exact) mass is 360 g/mol. The van der Waals surface area contributed by atoms with Crippen LogP contribution in [0.25, 0.3) is 17.8 Å². The Morgan fingerprint density at radius 2 is 1.81 bits per heavy atom. The molecule has 3 rings (SSSR count). The minimum absolute atomic E-state index is 0.146. The maximum Gasteiger partial charge on any atom is 0.273 e. The van der Waals surface area contributed by atoms with Crippen LogP contribution in [0.15, 0.2) is 65.8 Å². The summed E-state index contributed by atoms with van der Waals surface area (Å²) in [6, 6.07) is 14.1. The lowest BCUT2D eigenvalue weighted by molar-refractivity contribution is 0.396. The fourth-order valence-corrected chi connectivity index (χ4v) is 2.99. The van der Waals surface area contributed by atoms with Crippen molar-refractivity contribution >= 4 is 12.2 Å². The number of rotatable bonds is 4. The topological polar surface area (TPSA) is 44.1 Å². The molecule has 0 radical (unpaired) electrons. The number of benzene rings is 2. The predicted octanol–water partition coefficient (Wildman–Crippen LogP) is 4.71. The minimum atomic E-state index is -0.166. The maximum atomic E-state index is 12.3. The van der Waals surface area contributed by atoms with E-state index in [1.807, 2.05) is 54.6 Å². The lowest BCUT2D eigenvalue weighted by Crippen LogP contribution is -2.19. The Labute approximate surface area is 159 Å². The summed E-state index contributed by atoms with van der Waals surface area (Å²) >= 11 is 0. The van der Waals surface area contributed by atoms with Crippen LogP contribution in [-0.2, 0) is 5.41 Å². The Kier molecular flexibility index (Phi) is 5.26. The zero-order chi connectivity index (χ0) is 19.4. The van der Waals surface area contributed by atoms with Crippen molar-refractivity contribution in [2.45, 2.75) is 26.2 Å². The van der Waals surface area contributed by atoms with Gasteiger partial charge in [-0.3, -0.25) is 14.3 Å². The van der Waals surface area contributed by atoms with Gasteiger partial charge in [0.25, 0.3) is 5.56 Å². The van der Waals surface area contributed by atoms with Crippen LogP contribution in [0, 0.1) is 0 Å². The Balaban J connectivity index is 2.21. The highest BCUT2D eigenvalue weighted by atomic mass is 16.5. The van der Waals surface area contributed by atoms with Gasteiger partial charge in [-0.05, 0) is 23.1 Å². The van der Waals surface area contributed by atoms with E-state index in [9.17, 15) is 4.79 Å². The van der Waals surface area contributed by atoms with Crippen LogP contribution < -0.4 is 10.3 Å². The van der Waals surface area contributed by atoms with Crippen LogP contribution in [0.2, 0.25) is 0 Å². The number of nitrogens with zero attached hydrogens (tertiary/aromatic N) is 2. The van der Waals surface area contributed by atoms with E-state index in [1.165, 1.54) is 6.20 Å². The molecule has 138 valence electrons. The molecule has 0 spiro atoms. The molecule has 0 amide bonds. The first-order valence-corrected chi connectivity index (χ1v) is 8.89. The molecule has 0 saturated heterocycles. The van der Waals surface area contributed by atoms with E-state index in [1.54, 1.807) is 24.1 Å². The Morgan fingerprint density at radius 3 is 2.44 bits per heavy atom. The Bertz CT molecular complexity index is 1010. The molecule has 1 heterocycles. The minimum Gasteiger partial charge on any atom is -0.496 e. The van der Waals surface area contributed by atoms with Crippen LogP contribution in [0.5, 0.6) is 5.75 Å². The van der Waals surface area contributed by atoms with E-state index in [0.29, 0.717) is 0 Å². The van der Waals surface area contributed by atoms with Crippen LogP contribution >= 0.6 is 0 Å². The van der Waals surface area contributed by atoms with Crippen molar-refractivity contribution < 1.29 is 4.74 Å². The maximum absolute atomic E-state index is 12.3. The highest BCUT2D eigenvalue weighted by molar-refractivity contribution is 5.75. The van der Waals surface area contributed by atoms with Gasteiger partial charge in [0.05, 0.1) is 13.3 Å². The molecule has 0 atom stereocenters. The average Bonchev–Trinajstić information content (AvgIpc) is 2.66. The molecule has 1 aromatic heterocycles. The number of hydrogen-bond acceptors (Lipinski definition) is 3. The summed E-state index contributed by atoms with van der Waals surface area (Å²) in [6.45, 7) is 6.40. The third-order valence-electron chi connectivity index (χ3n) is 4.37. The van der Waals surface area contributed by atoms with Crippen molar-refractivity contribution in [1.82, 2.24) is 9.55 Å². The summed E-state index contributed by atoms with van der Waals surface area (Å²) in [6.07, 6.45) is 8.69. The van der Waals surface area contributed by atoms with Gasteiger partial charge in [-0.25, -0.2) is 0 Å². The molecule has 0 aliphatic heterocycles. The van der Waals surface area contributed by atoms with E-state index < -0.39 is 0 Å². The molecule has 27 heavy (non-hydrogen) atoms. The molecule has 0 fully saturated rings. The third-order valence-corrected chi connectivity index (χ3v) is 4.37. The van der Waals surface area contributed by atoms with E-state index in [0.717, 1.165) is 28.1 Å². The Hall–Kier alpha value is -3.14. The van der Waals surface area contributed by atoms with E-state index in [-0.39, 0.29) is 11.0 Å². The van der Waals surface area contributed by atoms with Crippen molar-refractivity contribution in [2.24, 2.45) is 0 Å². The van der Waals surface area contributed by atoms with Gasteiger partial charge in [-0.15, -0.1) is 0 Å². The molecule has 0 aliphatic carbocycles. The Morgan fingerprint density at radius 1 is 1.07 bits per heavy atom. The van der Waals surface area contributed by atoms with E-state index >= 15 is 0 Å². The van der Waals surface area contributed by atoms with Gasteiger partial charge in [0.15, 0.2) is 0 Å². The highest BCUT2D eigenvalue weighted by Crippen LogP contribution is 2.37. The second-order valence-electron chi connectivity index (χ2n) is 7.39. The second-order valence-corrected chi connectivity index (χ2v) is 7.39. The normalized spacial score (nSPS) is 11.7. The lowest BCUT2D eigenvalue weighted by Gasteiger charge is -2.25. The molecule has 4 heteroatoms. The predicted molar refractivity (Wildman–Crippen MR) is 110 cm³/mol. The van der Waals surface area contributed by atoms with Gasteiger partial charge in [0, 0.05) is 29.2 Å². The molecule has 2 aromatic carbocycles. The van der Waals surface area contributed by atoms with Crippen LogP contribution in [0.1, 0.15) is 37.5 Å². The smallest absolute Gasteiger partial charge is 0.273 e. The fraction of sp³-hybridized carbons (Fsp3) is 0.217. The van der Waals surface area contributed by atoms with E-state index in [2.05, 4.69) is 25.8 Å².